The van der Waals surface area contributed by atoms with E-state index in [9.17, 15) is 5.11 Å². The van der Waals surface area contributed by atoms with E-state index >= 15 is 0 Å². The Morgan fingerprint density at radius 1 is 0.690 bits per heavy atom. The third-order valence-electron chi connectivity index (χ3n) is 7.45. The van der Waals surface area contributed by atoms with E-state index in [0.717, 1.165) is 49.8 Å². The second kappa shape index (κ2) is 10.4. The fourth-order valence-corrected chi connectivity index (χ4v) is 5.57. The summed E-state index contributed by atoms with van der Waals surface area (Å²) in [7, 11) is 0. The molecule has 0 bridgehead atoms. The molecule has 3 heterocycles. The van der Waals surface area contributed by atoms with Crippen LogP contribution in [0.4, 0.5) is 0 Å². The monoisotopic (exact) mass is 723 g/mol. The summed E-state index contributed by atoms with van der Waals surface area (Å²) in [5.74, 6) is 0.729. The fourth-order valence-electron chi connectivity index (χ4n) is 5.57. The van der Waals surface area contributed by atoms with Gasteiger partial charge in [-0.1, -0.05) is 66.7 Å². The quantitative estimate of drug-likeness (QED) is 0.185. The van der Waals surface area contributed by atoms with Crippen molar-refractivity contribution in [3.8, 4) is 45.5 Å². The molecule has 3 aromatic heterocycles. The van der Waals surface area contributed by atoms with Gasteiger partial charge in [0.05, 0.1) is 11.3 Å². The number of hydrogen-bond donors (Lipinski definition) is 1. The van der Waals surface area contributed by atoms with Crippen LogP contribution in [0.3, 0.4) is 0 Å². The topological polar surface area (TPSA) is 64.1 Å². The molecule has 5 aromatic carbocycles. The molecule has 1 N–H and O–H groups in total. The van der Waals surface area contributed by atoms with Crippen LogP contribution in [0.15, 0.2) is 132 Å². The van der Waals surface area contributed by atoms with Gasteiger partial charge in [0.1, 0.15) is 28.4 Å². The summed E-state index contributed by atoms with van der Waals surface area (Å²) >= 11 is 0. The molecule has 0 radical (unpaired) electrons. The minimum absolute atomic E-state index is 0. The Morgan fingerprint density at radius 2 is 1.45 bits per heavy atom. The minimum atomic E-state index is 0. The van der Waals surface area contributed by atoms with Gasteiger partial charge in [0.2, 0.25) is 0 Å². The molecule has 0 aliphatic heterocycles. The zero-order valence-electron chi connectivity index (χ0n) is 22.1. The van der Waals surface area contributed by atoms with Gasteiger partial charge in [-0.25, -0.2) is 4.98 Å². The second-order valence-corrected chi connectivity index (χ2v) is 9.94. The van der Waals surface area contributed by atoms with Crippen molar-refractivity contribution >= 4 is 32.7 Å². The van der Waals surface area contributed by atoms with Crippen molar-refractivity contribution in [2.45, 2.75) is 0 Å². The Labute approximate surface area is 256 Å². The van der Waals surface area contributed by atoms with Gasteiger partial charge in [0.25, 0.3) is 0 Å². The van der Waals surface area contributed by atoms with Crippen LogP contribution in [0.1, 0.15) is 0 Å². The van der Waals surface area contributed by atoms with Gasteiger partial charge >= 0.3 is 0 Å². The van der Waals surface area contributed by atoms with E-state index in [2.05, 4.69) is 24.3 Å². The molecule has 0 atom stereocenters. The minimum Gasteiger partial charge on any atom is -0.507 e. The number of imidazole rings is 1. The molecular weight excluding hydrogens is 701 g/mol. The molecule has 204 valence electrons. The molecular formula is C36H22N3O2Pt-. The van der Waals surface area contributed by atoms with Crippen LogP contribution in [-0.4, -0.2) is 19.6 Å². The number of para-hydroxylation sites is 2. The Hall–Kier alpha value is -4.99. The van der Waals surface area contributed by atoms with Gasteiger partial charge in [-0.2, -0.15) is 0 Å². The molecule has 0 saturated carbocycles. The van der Waals surface area contributed by atoms with Gasteiger partial charge in [-0.05, 0) is 41.4 Å². The molecule has 0 aliphatic carbocycles. The molecule has 0 amide bonds. The molecule has 0 saturated heterocycles. The average Bonchev–Trinajstić information content (AvgIpc) is 3.64. The summed E-state index contributed by atoms with van der Waals surface area (Å²) in [6.07, 6.45) is 2.00. The zero-order valence-corrected chi connectivity index (χ0v) is 24.4. The fraction of sp³-hybridized carbons (Fsp3) is 0. The maximum absolute atomic E-state index is 11.3. The molecule has 0 spiro atoms. The predicted molar refractivity (Wildman–Crippen MR) is 163 cm³/mol. The Kier molecular flexibility index (Phi) is 6.45. The number of pyridine rings is 1. The van der Waals surface area contributed by atoms with Crippen molar-refractivity contribution < 1.29 is 30.6 Å². The van der Waals surface area contributed by atoms with E-state index in [1.54, 1.807) is 12.1 Å². The Bertz CT molecular complexity index is 2220. The van der Waals surface area contributed by atoms with Crippen molar-refractivity contribution in [3.63, 3.8) is 0 Å². The normalized spacial score (nSPS) is 11.2. The number of furan rings is 1. The largest absolute Gasteiger partial charge is 0.507 e. The zero-order chi connectivity index (χ0) is 27.3. The second-order valence-electron chi connectivity index (χ2n) is 9.94. The summed E-state index contributed by atoms with van der Waals surface area (Å²) in [5.41, 5.74) is 6.16. The van der Waals surface area contributed by atoms with Crippen LogP contribution in [0, 0.1) is 6.07 Å². The number of aromatic hydroxyl groups is 1. The van der Waals surface area contributed by atoms with E-state index in [4.69, 9.17) is 14.4 Å². The molecule has 0 unspecified atom stereocenters. The summed E-state index contributed by atoms with van der Waals surface area (Å²) in [5, 5.41) is 15.1. The van der Waals surface area contributed by atoms with Crippen LogP contribution in [0.5, 0.6) is 5.75 Å². The maximum atomic E-state index is 11.3. The molecule has 42 heavy (non-hydrogen) atoms. The first-order chi connectivity index (χ1) is 20.2. The Morgan fingerprint density at radius 3 is 2.29 bits per heavy atom. The first-order valence-electron chi connectivity index (χ1n) is 13.4. The van der Waals surface area contributed by atoms with Crippen LogP contribution in [-0.2, 0) is 21.1 Å². The predicted octanol–water partition coefficient (Wildman–Crippen LogP) is 8.82. The third-order valence-corrected chi connectivity index (χ3v) is 7.45. The van der Waals surface area contributed by atoms with E-state index < -0.39 is 0 Å². The summed E-state index contributed by atoms with van der Waals surface area (Å²) in [6, 6.07) is 42.8. The van der Waals surface area contributed by atoms with Crippen molar-refractivity contribution in [1.82, 2.24) is 14.5 Å². The van der Waals surface area contributed by atoms with Gasteiger partial charge in [-0.15, -0.1) is 35.9 Å². The standard InChI is InChI=1S/C36H22N3O2.Pt/c40-30-19-20-32-33(27-17-9-10-18-31(27)41-32)34(30)36-38-29(22-39(36)25-14-5-2-6-15-25)35-26-16-8-7-13-24(26)21-28(37-35)23-11-3-1-4-12-23;/h1-11,13-22,40H;/q-1;. The van der Waals surface area contributed by atoms with Gasteiger partial charge < -0.3 is 9.52 Å². The van der Waals surface area contributed by atoms with Crippen LogP contribution < -0.4 is 0 Å². The number of aromatic nitrogens is 3. The molecule has 5 nitrogen and oxygen atoms in total. The van der Waals surface area contributed by atoms with Crippen LogP contribution in [0.2, 0.25) is 0 Å². The number of phenols is 1. The number of nitrogens with zero attached hydrogens (tertiary/aromatic N) is 3. The van der Waals surface area contributed by atoms with Crippen molar-refractivity contribution in [2.75, 3.05) is 0 Å². The van der Waals surface area contributed by atoms with Crippen molar-refractivity contribution in [3.05, 3.63) is 134 Å². The number of rotatable bonds is 4. The van der Waals surface area contributed by atoms with Gasteiger partial charge in [0, 0.05) is 49.1 Å². The van der Waals surface area contributed by atoms with Crippen LogP contribution in [0.25, 0.3) is 72.4 Å². The van der Waals surface area contributed by atoms with E-state index in [1.165, 1.54) is 0 Å². The van der Waals surface area contributed by atoms with Gasteiger partial charge in [-0.3, -0.25) is 9.55 Å². The molecule has 0 fully saturated rings. The average molecular weight is 724 g/mol. The summed E-state index contributed by atoms with van der Waals surface area (Å²) < 4.78 is 8.18. The summed E-state index contributed by atoms with van der Waals surface area (Å²) in [4.78, 5) is 10.3. The molecule has 8 aromatic rings. The number of phenolic OH excluding ortho intramolecular Hbond substituents is 1. The number of benzene rings is 5. The first kappa shape index (κ1) is 25.9. The molecule has 6 heteroatoms. The Balaban J connectivity index is 0.00000288. The van der Waals surface area contributed by atoms with Crippen molar-refractivity contribution in [1.29, 1.82) is 0 Å². The summed E-state index contributed by atoms with van der Waals surface area (Å²) in [6.45, 7) is 0. The van der Waals surface area contributed by atoms with E-state index in [0.29, 0.717) is 22.7 Å². The third kappa shape index (κ3) is 4.22. The maximum Gasteiger partial charge on any atom is 0.149 e. The van der Waals surface area contributed by atoms with Crippen LogP contribution >= 0.6 is 0 Å². The SMILES string of the molecule is Oc1ccc2oc3ccccc3c2c1-c1nc(-c2nc(-c3[c-]cccc3)cc3ccccc23)cn1-c1ccccc1.[Pt]. The van der Waals surface area contributed by atoms with E-state index in [-0.39, 0.29) is 26.8 Å². The number of fused-ring (bicyclic) bond motifs is 4. The molecule has 0 aliphatic rings. The van der Waals surface area contributed by atoms with E-state index in [1.807, 2.05) is 102 Å². The smallest absolute Gasteiger partial charge is 0.149 e. The van der Waals surface area contributed by atoms with Crippen molar-refractivity contribution in [2.24, 2.45) is 0 Å². The first-order valence-corrected chi connectivity index (χ1v) is 13.4. The number of hydrogen-bond acceptors (Lipinski definition) is 4. The molecule has 8 rings (SSSR count). The van der Waals surface area contributed by atoms with Gasteiger partial charge in [0.15, 0.2) is 0 Å².